The zero-order chi connectivity index (χ0) is 12.4. The lowest BCUT2D eigenvalue weighted by atomic mass is 10.4. The molecule has 1 aromatic carbocycles. The van der Waals surface area contributed by atoms with Crippen LogP contribution in [0, 0.1) is 13.8 Å². The molecule has 2 nitrogen and oxygen atoms in total. The van der Waals surface area contributed by atoms with E-state index in [0.717, 1.165) is 21.3 Å². The van der Waals surface area contributed by atoms with E-state index in [1.165, 1.54) is 11.8 Å². The number of hydrogen-bond donors (Lipinski definition) is 0. The van der Waals surface area contributed by atoms with Crippen LogP contribution in [0.4, 0.5) is 0 Å². The highest BCUT2D eigenvalue weighted by Gasteiger charge is 2.08. The third-order valence-corrected chi connectivity index (χ3v) is 3.88. The van der Waals surface area contributed by atoms with Gasteiger partial charge in [0.05, 0.1) is 11.4 Å². The van der Waals surface area contributed by atoms with E-state index >= 15 is 0 Å². The van der Waals surface area contributed by atoms with Gasteiger partial charge >= 0.3 is 0 Å². The van der Waals surface area contributed by atoms with Crippen molar-refractivity contribution in [3.8, 4) is 0 Å². The fourth-order valence-corrected chi connectivity index (χ4v) is 2.45. The van der Waals surface area contributed by atoms with Crippen LogP contribution in [0.5, 0.6) is 0 Å². The van der Waals surface area contributed by atoms with Gasteiger partial charge in [0.2, 0.25) is 0 Å². The van der Waals surface area contributed by atoms with Crippen LogP contribution in [0.3, 0.4) is 0 Å². The van der Waals surface area contributed by atoms with Crippen LogP contribution in [-0.2, 0) is 0 Å². The molecule has 0 fully saturated rings. The minimum Gasteiger partial charge on any atom is -0.241 e. The maximum absolute atomic E-state index is 6.06. The number of hydrogen-bond acceptors (Lipinski definition) is 3. The average molecular weight is 285 g/mol. The van der Waals surface area contributed by atoms with Crippen molar-refractivity contribution in [3.05, 3.63) is 45.8 Å². The number of nitrogens with zero attached hydrogens (tertiary/aromatic N) is 2. The summed E-state index contributed by atoms with van der Waals surface area (Å²) in [5.74, 6) is 0. The fraction of sp³-hybridized carbons (Fsp3) is 0.167. The van der Waals surface area contributed by atoms with Crippen LogP contribution >= 0.6 is 35.0 Å². The molecule has 0 spiro atoms. The number of rotatable bonds is 2. The van der Waals surface area contributed by atoms with E-state index in [9.17, 15) is 0 Å². The van der Waals surface area contributed by atoms with Crippen LogP contribution in [0.1, 0.15) is 11.4 Å². The highest BCUT2D eigenvalue weighted by molar-refractivity contribution is 7.99. The molecule has 0 unspecified atom stereocenters. The predicted octanol–water partition coefficient (Wildman–Crippen LogP) is 4.55. The van der Waals surface area contributed by atoms with Crippen LogP contribution in [0.15, 0.2) is 34.2 Å². The van der Waals surface area contributed by atoms with E-state index in [1.54, 1.807) is 0 Å². The SMILES string of the molecule is Cc1nc(Cl)c(Sc2ccc(Cl)cc2)nc1C. The molecule has 0 N–H and O–H groups in total. The molecule has 0 bridgehead atoms. The molecule has 0 saturated heterocycles. The van der Waals surface area contributed by atoms with Gasteiger partial charge in [-0.2, -0.15) is 0 Å². The summed E-state index contributed by atoms with van der Waals surface area (Å²) in [6.45, 7) is 3.82. The molecule has 88 valence electrons. The molecule has 1 heterocycles. The van der Waals surface area contributed by atoms with E-state index < -0.39 is 0 Å². The van der Waals surface area contributed by atoms with E-state index in [0.29, 0.717) is 10.2 Å². The Morgan fingerprint density at radius 2 is 1.53 bits per heavy atom. The van der Waals surface area contributed by atoms with Crippen LogP contribution in [-0.4, -0.2) is 9.97 Å². The maximum Gasteiger partial charge on any atom is 0.161 e. The Bertz CT molecular complexity index is 541. The van der Waals surface area contributed by atoms with Crippen molar-refractivity contribution in [3.63, 3.8) is 0 Å². The van der Waals surface area contributed by atoms with Gasteiger partial charge in [-0.15, -0.1) is 0 Å². The number of halogens is 2. The topological polar surface area (TPSA) is 25.8 Å². The van der Waals surface area contributed by atoms with Gasteiger partial charge in [0.1, 0.15) is 5.03 Å². The molecule has 1 aromatic heterocycles. The first-order valence-electron chi connectivity index (χ1n) is 5.00. The largest absolute Gasteiger partial charge is 0.241 e. The van der Waals surface area contributed by atoms with Crippen molar-refractivity contribution < 1.29 is 0 Å². The molecular weight excluding hydrogens is 275 g/mol. The standard InChI is InChI=1S/C12H10Cl2N2S/c1-7-8(2)16-12(11(14)15-7)17-10-5-3-9(13)4-6-10/h3-6H,1-2H3. The summed E-state index contributed by atoms with van der Waals surface area (Å²) < 4.78 is 0. The van der Waals surface area contributed by atoms with Gasteiger partial charge in [-0.1, -0.05) is 35.0 Å². The van der Waals surface area contributed by atoms with Crippen molar-refractivity contribution in [2.75, 3.05) is 0 Å². The van der Waals surface area contributed by atoms with Crippen molar-refractivity contribution in [1.29, 1.82) is 0 Å². The summed E-state index contributed by atoms with van der Waals surface area (Å²) in [7, 11) is 0. The van der Waals surface area contributed by atoms with Gasteiger partial charge in [-0.05, 0) is 38.1 Å². The minimum absolute atomic E-state index is 0.438. The van der Waals surface area contributed by atoms with Gasteiger partial charge in [0, 0.05) is 9.92 Å². The average Bonchev–Trinajstić information content (AvgIpc) is 2.29. The quantitative estimate of drug-likeness (QED) is 0.809. The molecule has 0 radical (unpaired) electrons. The van der Waals surface area contributed by atoms with Crippen molar-refractivity contribution >= 4 is 35.0 Å². The van der Waals surface area contributed by atoms with E-state index in [2.05, 4.69) is 9.97 Å². The van der Waals surface area contributed by atoms with Crippen molar-refractivity contribution in [2.45, 2.75) is 23.8 Å². The smallest absolute Gasteiger partial charge is 0.161 e. The molecule has 2 rings (SSSR count). The number of aromatic nitrogens is 2. The Morgan fingerprint density at radius 3 is 2.18 bits per heavy atom. The molecule has 17 heavy (non-hydrogen) atoms. The Kier molecular flexibility index (Phi) is 3.92. The molecule has 5 heteroatoms. The molecule has 0 aliphatic rings. The summed E-state index contributed by atoms with van der Waals surface area (Å²) >= 11 is 13.4. The zero-order valence-electron chi connectivity index (χ0n) is 9.37. The van der Waals surface area contributed by atoms with Crippen molar-refractivity contribution in [2.24, 2.45) is 0 Å². The molecule has 0 amide bonds. The third kappa shape index (κ3) is 3.12. The highest BCUT2D eigenvalue weighted by atomic mass is 35.5. The van der Waals surface area contributed by atoms with Crippen LogP contribution in [0.25, 0.3) is 0 Å². The summed E-state index contributed by atoms with van der Waals surface area (Å²) in [5.41, 5.74) is 1.75. The van der Waals surface area contributed by atoms with Gasteiger partial charge in [-0.3, -0.25) is 0 Å². The Morgan fingerprint density at radius 1 is 0.941 bits per heavy atom. The fourth-order valence-electron chi connectivity index (χ4n) is 1.23. The predicted molar refractivity (Wildman–Crippen MR) is 72.1 cm³/mol. The lowest BCUT2D eigenvalue weighted by Gasteiger charge is -2.06. The second-order valence-corrected chi connectivity index (χ2v) is 5.40. The second kappa shape index (κ2) is 5.25. The maximum atomic E-state index is 6.06. The summed E-state index contributed by atoms with van der Waals surface area (Å²) in [5, 5.41) is 1.87. The first-order chi connectivity index (χ1) is 8.06. The van der Waals surface area contributed by atoms with Crippen molar-refractivity contribution in [1.82, 2.24) is 9.97 Å². The molecule has 0 atom stereocenters. The lowest BCUT2D eigenvalue weighted by molar-refractivity contribution is 0.957. The van der Waals surface area contributed by atoms with Crippen LogP contribution in [0.2, 0.25) is 10.2 Å². The monoisotopic (exact) mass is 284 g/mol. The first-order valence-corrected chi connectivity index (χ1v) is 6.57. The lowest BCUT2D eigenvalue weighted by Crippen LogP contribution is -1.94. The molecule has 2 aromatic rings. The Balaban J connectivity index is 2.30. The van der Waals surface area contributed by atoms with Gasteiger partial charge < -0.3 is 0 Å². The normalized spacial score (nSPS) is 10.6. The molecule has 0 aliphatic heterocycles. The van der Waals surface area contributed by atoms with Gasteiger partial charge in [0.25, 0.3) is 0 Å². The van der Waals surface area contributed by atoms with E-state index in [1.807, 2.05) is 38.1 Å². The summed E-state index contributed by atoms with van der Waals surface area (Å²) in [6, 6.07) is 7.54. The Labute approximate surface area is 114 Å². The zero-order valence-corrected chi connectivity index (χ0v) is 11.7. The van der Waals surface area contributed by atoms with Gasteiger partial charge in [-0.25, -0.2) is 9.97 Å². The number of benzene rings is 1. The Hall–Kier alpha value is -0.770. The number of aryl methyl sites for hydroxylation is 2. The highest BCUT2D eigenvalue weighted by Crippen LogP contribution is 2.31. The third-order valence-electron chi connectivity index (χ3n) is 2.26. The molecular formula is C12H10Cl2N2S. The second-order valence-electron chi connectivity index (χ2n) is 3.55. The summed E-state index contributed by atoms with van der Waals surface area (Å²) in [6.07, 6.45) is 0. The molecule has 0 saturated carbocycles. The van der Waals surface area contributed by atoms with Gasteiger partial charge in [0.15, 0.2) is 5.15 Å². The minimum atomic E-state index is 0.438. The van der Waals surface area contributed by atoms with E-state index in [4.69, 9.17) is 23.2 Å². The van der Waals surface area contributed by atoms with Crippen LogP contribution < -0.4 is 0 Å². The van der Waals surface area contributed by atoms with E-state index in [-0.39, 0.29) is 0 Å². The molecule has 0 aliphatic carbocycles. The first kappa shape index (κ1) is 12.7. The summed E-state index contributed by atoms with van der Waals surface area (Å²) in [4.78, 5) is 9.70.